The number of rotatable bonds is 3. The van der Waals surface area contributed by atoms with Crippen molar-refractivity contribution in [2.45, 2.75) is 32.2 Å². The first kappa shape index (κ1) is 15.8. The van der Waals surface area contributed by atoms with Crippen molar-refractivity contribution < 1.29 is 19.3 Å². The molecule has 1 atom stereocenters. The van der Waals surface area contributed by atoms with E-state index in [0.29, 0.717) is 11.8 Å². The highest BCUT2D eigenvalue weighted by Crippen LogP contribution is 2.57. The van der Waals surface area contributed by atoms with Gasteiger partial charge in [0.15, 0.2) is 23.0 Å². The fraction of sp³-hybridized carbons (Fsp3) is 0.429. The van der Waals surface area contributed by atoms with Gasteiger partial charge < -0.3 is 19.3 Å². The van der Waals surface area contributed by atoms with Crippen LogP contribution in [0.2, 0.25) is 0 Å². The molecule has 3 aliphatic rings. The predicted molar refractivity (Wildman–Crippen MR) is 98.2 cm³/mol. The molecule has 1 N–H and O–H groups in total. The lowest BCUT2D eigenvalue weighted by atomic mass is 9.76. The van der Waals surface area contributed by atoms with E-state index >= 15 is 0 Å². The Kier molecular flexibility index (Phi) is 3.54. The van der Waals surface area contributed by atoms with Crippen molar-refractivity contribution in [2.75, 3.05) is 27.0 Å². The molecule has 0 saturated heterocycles. The molecule has 5 nitrogen and oxygen atoms in total. The number of aromatic hydroxyl groups is 1. The maximum atomic E-state index is 10.9. The van der Waals surface area contributed by atoms with Gasteiger partial charge in [-0.2, -0.15) is 0 Å². The number of hydrogen-bond donors (Lipinski definition) is 1. The van der Waals surface area contributed by atoms with Crippen LogP contribution in [0.4, 0.5) is 0 Å². The second-order valence-electron chi connectivity index (χ2n) is 7.21. The maximum absolute atomic E-state index is 10.9. The van der Waals surface area contributed by atoms with E-state index in [2.05, 4.69) is 24.0 Å². The Hall–Kier alpha value is -2.40. The molecule has 0 radical (unpaired) electrons. The molecule has 1 unspecified atom stereocenters. The normalized spacial score (nSPS) is 19.8. The minimum Gasteiger partial charge on any atom is -0.504 e. The Morgan fingerprint density at radius 2 is 2.12 bits per heavy atom. The van der Waals surface area contributed by atoms with Gasteiger partial charge in [0.2, 0.25) is 6.79 Å². The molecule has 0 fully saturated rings. The van der Waals surface area contributed by atoms with Crippen molar-refractivity contribution in [3.63, 3.8) is 0 Å². The molecule has 0 amide bonds. The molecule has 0 aromatic heterocycles. The fourth-order valence-electron chi connectivity index (χ4n) is 4.77. The van der Waals surface area contributed by atoms with Gasteiger partial charge in [-0.25, -0.2) is 0 Å². The first-order chi connectivity index (χ1) is 12.7. The molecule has 0 spiro atoms. The molecule has 0 saturated carbocycles. The highest BCUT2D eigenvalue weighted by Gasteiger charge is 2.40. The Labute approximate surface area is 153 Å². The topological polar surface area (TPSA) is 51.2 Å². The molecule has 2 aromatic carbocycles. The Morgan fingerprint density at radius 3 is 2.92 bits per heavy atom. The smallest absolute Gasteiger partial charge is 0.231 e. The van der Waals surface area contributed by atoms with E-state index in [0.717, 1.165) is 60.5 Å². The number of benzene rings is 2. The number of nitrogens with zero attached hydrogens (tertiary/aromatic N) is 1. The van der Waals surface area contributed by atoms with Crippen LogP contribution in [0.25, 0.3) is 11.1 Å². The SMILES string of the molecule is CCCN1CCc2cc3c(c4c2C1Cc1ccc(OC)c(O)c1-4)OCO3. The first-order valence-electron chi connectivity index (χ1n) is 9.31. The van der Waals surface area contributed by atoms with Crippen LogP contribution in [-0.2, 0) is 12.8 Å². The minimum atomic E-state index is 0.196. The van der Waals surface area contributed by atoms with Crippen molar-refractivity contribution in [1.82, 2.24) is 4.90 Å². The number of hydrogen-bond acceptors (Lipinski definition) is 5. The van der Waals surface area contributed by atoms with Crippen LogP contribution < -0.4 is 14.2 Å². The largest absolute Gasteiger partial charge is 0.504 e. The van der Waals surface area contributed by atoms with Crippen LogP contribution in [0, 0.1) is 0 Å². The second kappa shape index (κ2) is 5.81. The van der Waals surface area contributed by atoms with Gasteiger partial charge in [-0.3, -0.25) is 4.90 Å². The lowest BCUT2D eigenvalue weighted by molar-refractivity contribution is 0.173. The summed E-state index contributed by atoms with van der Waals surface area (Å²) >= 11 is 0. The van der Waals surface area contributed by atoms with Gasteiger partial charge in [0.25, 0.3) is 0 Å². The van der Waals surface area contributed by atoms with Gasteiger partial charge in [-0.15, -0.1) is 0 Å². The van der Waals surface area contributed by atoms with E-state index in [1.165, 1.54) is 11.1 Å². The summed E-state index contributed by atoms with van der Waals surface area (Å²) in [6.45, 7) is 4.59. The van der Waals surface area contributed by atoms with Crippen molar-refractivity contribution in [3.8, 4) is 34.1 Å². The minimum absolute atomic E-state index is 0.196. The summed E-state index contributed by atoms with van der Waals surface area (Å²) in [7, 11) is 1.58. The number of methoxy groups -OCH3 is 1. The lowest BCUT2D eigenvalue weighted by Gasteiger charge is -2.42. The van der Waals surface area contributed by atoms with Gasteiger partial charge in [0.05, 0.1) is 7.11 Å². The molecule has 5 rings (SSSR count). The third-order valence-corrected chi connectivity index (χ3v) is 5.85. The molecule has 2 heterocycles. The number of phenolic OH excluding ortho intramolecular Hbond substituents is 1. The predicted octanol–water partition coefficient (Wildman–Crippen LogP) is 3.66. The van der Waals surface area contributed by atoms with Crippen LogP contribution in [0.15, 0.2) is 18.2 Å². The summed E-state index contributed by atoms with van der Waals surface area (Å²) in [6, 6.07) is 6.39. The summed E-state index contributed by atoms with van der Waals surface area (Å²) in [5.74, 6) is 2.24. The average molecular weight is 353 g/mol. The van der Waals surface area contributed by atoms with Crippen LogP contribution >= 0.6 is 0 Å². The lowest BCUT2D eigenvalue weighted by Crippen LogP contribution is -2.38. The Morgan fingerprint density at radius 1 is 1.23 bits per heavy atom. The zero-order valence-electron chi connectivity index (χ0n) is 15.2. The standard InChI is InChI=1S/C21H23NO4/c1-3-7-22-8-6-13-10-16-21(26-11-25-16)19-17(13)14(22)9-12-4-5-15(24-2)20(23)18(12)19/h4-5,10,14,23H,3,6-9,11H2,1-2H3. The van der Waals surface area contributed by atoms with Gasteiger partial charge in [-0.05, 0) is 54.6 Å². The average Bonchev–Trinajstić information content (AvgIpc) is 3.12. The van der Waals surface area contributed by atoms with E-state index in [-0.39, 0.29) is 12.5 Å². The van der Waals surface area contributed by atoms with Crippen molar-refractivity contribution >= 4 is 0 Å². The molecule has 26 heavy (non-hydrogen) atoms. The molecule has 0 bridgehead atoms. The van der Waals surface area contributed by atoms with Crippen LogP contribution in [-0.4, -0.2) is 37.0 Å². The molecule has 2 aromatic rings. The Bertz CT molecular complexity index is 892. The van der Waals surface area contributed by atoms with Crippen molar-refractivity contribution in [2.24, 2.45) is 0 Å². The highest BCUT2D eigenvalue weighted by molar-refractivity contribution is 5.88. The van der Waals surface area contributed by atoms with Gasteiger partial charge in [0, 0.05) is 23.7 Å². The number of phenols is 1. The van der Waals surface area contributed by atoms with Crippen LogP contribution in [0.1, 0.15) is 36.1 Å². The second-order valence-corrected chi connectivity index (χ2v) is 7.21. The van der Waals surface area contributed by atoms with Gasteiger partial charge >= 0.3 is 0 Å². The third kappa shape index (κ3) is 2.07. The molecule has 1 aliphatic carbocycles. The highest BCUT2D eigenvalue weighted by atomic mass is 16.7. The summed E-state index contributed by atoms with van der Waals surface area (Å²) in [5, 5.41) is 10.9. The zero-order valence-corrected chi connectivity index (χ0v) is 15.2. The fourth-order valence-corrected chi connectivity index (χ4v) is 4.77. The van der Waals surface area contributed by atoms with E-state index in [4.69, 9.17) is 14.2 Å². The van der Waals surface area contributed by atoms with E-state index in [1.54, 1.807) is 7.11 Å². The van der Waals surface area contributed by atoms with Crippen LogP contribution in [0.3, 0.4) is 0 Å². The summed E-state index contributed by atoms with van der Waals surface area (Å²) in [6.07, 6.45) is 3.02. The van der Waals surface area contributed by atoms with E-state index < -0.39 is 0 Å². The number of ether oxygens (including phenoxy) is 3. The summed E-state index contributed by atoms with van der Waals surface area (Å²) < 4.78 is 16.9. The maximum Gasteiger partial charge on any atom is 0.231 e. The Balaban J connectivity index is 1.81. The molecular weight excluding hydrogens is 330 g/mol. The van der Waals surface area contributed by atoms with Crippen LogP contribution in [0.5, 0.6) is 23.0 Å². The third-order valence-electron chi connectivity index (χ3n) is 5.85. The molecule has 5 heteroatoms. The number of fused-ring (bicyclic) bond motifs is 4. The summed E-state index contributed by atoms with van der Waals surface area (Å²) in [4.78, 5) is 2.57. The van der Waals surface area contributed by atoms with Crippen molar-refractivity contribution in [1.29, 1.82) is 0 Å². The summed E-state index contributed by atoms with van der Waals surface area (Å²) in [5.41, 5.74) is 5.59. The molecular formula is C21H23NO4. The monoisotopic (exact) mass is 353 g/mol. The van der Waals surface area contributed by atoms with E-state index in [9.17, 15) is 5.11 Å². The quantitative estimate of drug-likeness (QED) is 0.913. The first-order valence-corrected chi connectivity index (χ1v) is 9.31. The van der Waals surface area contributed by atoms with Gasteiger partial charge in [-0.1, -0.05) is 13.0 Å². The van der Waals surface area contributed by atoms with Crippen molar-refractivity contribution in [3.05, 3.63) is 34.9 Å². The molecule has 2 aliphatic heterocycles. The zero-order chi connectivity index (χ0) is 17.8. The van der Waals surface area contributed by atoms with Gasteiger partial charge in [0.1, 0.15) is 0 Å². The van der Waals surface area contributed by atoms with E-state index in [1.807, 2.05) is 6.07 Å². The molecule has 136 valence electrons.